The van der Waals surface area contributed by atoms with E-state index in [1.54, 1.807) is 0 Å². The van der Waals surface area contributed by atoms with E-state index in [4.69, 9.17) is 16.3 Å². The topological polar surface area (TPSA) is 21.3 Å². The molecule has 2 aromatic rings. The molecule has 0 radical (unpaired) electrons. The van der Waals surface area contributed by atoms with Crippen LogP contribution in [0, 0.1) is 6.92 Å². The van der Waals surface area contributed by atoms with E-state index >= 15 is 0 Å². The summed E-state index contributed by atoms with van der Waals surface area (Å²) in [5, 5.41) is 3.96. The molecule has 1 N–H and O–H groups in total. The van der Waals surface area contributed by atoms with E-state index in [-0.39, 0.29) is 0 Å². The Bertz CT molecular complexity index is 615. The van der Waals surface area contributed by atoms with Gasteiger partial charge < -0.3 is 10.1 Å². The fourth-order valence-electron chi connectivity index (χ4n) is 1.84. The minimum atomic E-state index is 0.304. The first-order valence-electron chi connectivity index (χ1n) is 6.42. The molecule has 0 saturated carbocycles. The molecule has 2 rings (SSSR count). The van der Waals surface area contributed by atoms with Crippen molar-refractivity contribution in [2.24, 2.45) is 0 Å². The van der Waals surface area contributed by atoms with Crippen molar-refractivity contribution in [1.29, 1.82) is 0 Å². The van der Waals surface area contributed by atoms with Crippen molar-refractivity contribution in [3.63, 3.8) is 0 Å². The third kappa shape index (κ3) is 3.54. The lowest BCUT2D eigenvalue weighted by molar-refractivity contribution is 0.478. The molecule has 0 aromatic heterocycles. The molecule has 0 heterocycles. The number of halogens is 2. The van der Waals surface area contributed by atoms with Gasteiger partial charge >= 0.3 is 0 Å². The van der Waals surface area contributed by atoms with Crippen LogP contribution in [0.15, 0.2) is 40.9 Å². The molecule has 0 spiro atoms. The van der Waals surface area contributed by atoms with Crippen molar-refractivity contribution in [3.8, 4) is 11.5 Å². The Balaban J connectivity index is 2.23. The fourth-order valence-corrected chi connectivity index (χ4v) is 2.44. The fraction of sp³-hybridized carbons (Fsp3) is 0.250. The van der Waals surface area contributed by atoms with Crippen LogP contribution in [0.5, 0.6) is 11.5 Å². The van der Waals surface area contributed by atoms with Gasteiger partial charge in [-0.15, -0.1) is 0 Å². The zero-order valence-corrected chi connectivity index (χ0v) is 14.0. The van der Waals surface area contributed by atoms with E-state index in [1.165, 1.54) is 5.56 Å². The lowest BCUT2D eigenvalue weighted by atomic mass is 10.1. The van der Waals surface area contributed by atoms with Gasteiger partial charge in [0.2, 0.25) is 0 Å². The molecule has 0 aliphatic heterocycles. The quantitative estimate of drug-likeness (QED) is 0.784. The summed E-state index contributed by atoms with van der Waals surface area (Å²) >= 11 is 9.57. The standard InChI is InChI=1S/C16H17BrClNO/c1-10-8-13(5-6-15(10)18)20-16-7-4-12(9-14(16)17)11(2)19-3/h4-9,11,19H,1-3H3. The molecule has 0 amide bonds. The molecule has 0 aliphatic carbocycles. The lowest BCUT2D eigenvalue weighted by Gasteiger charge is -2.14. The van der Waals surface area contributed by atoms with Crippen molar-refractivity contribution in [1.82, 2.24) is 5.32 Å². The molecule has 0 aliphatic rings. The Labute approximate surface area is 133 Å². The second-order valence-corrected chi connectivity index (χ2v) is 5.97. The molecule has 4 heteroatoms. The SMILES string of the molecule is CNC(C)c1ccc(Oc2ccc(Cl)c(C)c2)c(Br)c1. The number of benzene rings is 2. The van der Waals surface area contributed by atoms with Gasteiger partial charge in [-0.25, -0.2) is 0 Å². The van der Waals surface area contributed by atoms with E-state index in [0.29, 0.717) is 6.04 Å². The maximum absolute atomic E-state index is 6.01. The average Bonchev–Trinajstić information content (AvgIpc) is 2.44. The van der Waals surface area contributed by atoms with Crippen molar-refractivity contribution in [2.75, 3.05) is 7.05 Å². The number of aryl methyl sites for hydroxylation is 1. The molecule has 106 valence electrons. The molecule has 0 saturated heterocycles. The number of hydrogen-bond donors (Lipinski definition) is 1. The van der Waals surface area contributed by atoms with Gasteiger partial charge in [-0.1, -0.05) is 17.7 Å². The molecule has 0 fully saturated rings. The van der Waals surface area contributed by atoms with Gasteiger partial charge in [-0.2, -0.15) is 0 Å². The van der Waals surface area contributed by atoms with Crippen LogP contribution in [0.3, 0.4) is 0 Å². The third-order valence-electron chi connectivity index (χ3n) is 3.25. The summed E-state index contributed by atoms with van der Waals surface area (Å²) in [5.41, 5.74) is 2.21. The van der Waals surface area contributed by atoms with Crippen LogP contribution < -0.4 is 10.1 Å². The van der Waals surface area contributed by atoms with Crippen LogP contribution in [0.25, 0.3) is 0 Å². The maximum Gasteiger partial charge on any atom is 0.141 e. The Hall–Kier alpha value is -1.03. The van der Waals surface area contributed by atoms with Gasteiger partial charge in [0.1, 0.15) is 11.5 Å². The van der Waals surface area contributed by atoms with E-state index in [9.17, 15) is 0 Å². The van der Waals surface area contributed by atoms with Gasteiger partial charge in [0.05, 0.1) is 4.47 Å². The van der Waals surface area contributed by atoms with Crippen molar-refractivity contribution in [3.05, 3.63) is 57.0 Å². The second-order valence-electron chi connectivity index (χ2n) is 4.71. The summed E-state index contributed by atoms with van der Waals surface area (Å²) in [6.45, 7) is 4.08. The molecular formula is C16H17BrClNO. The smallest absolute Gasteiger partial charge is 0.141 e. The summed E-state index contributed by atoms with van der Waals surface area (Å²) in [5.74, 6) is 1.57. The highest BCUT2D eigenvalue weighted by Gasteiger charge is 2.08. The highest BCUT2D eigenvalue weighted by molar-refractivity contribution is 9.10. The molecular weight excluding hydrogens is 338 g/mol. The van der Waals surface area contributed by atoms with Gasteiger partial charge in [-0.05, 0) is 78.3 Å². The molecule has 20 heavy (non-hydrogen) atoms. The minimum Gasteiger partial charge on any atom is -0.456 e. The van der Waals surface area contributed by atoms with Crippen LogP contribution in [-0.4, -0.2) is 7.05 Å². The normalized spacial score (nSPS) is 12.2. The van der Waals surface area contributed by atoms with E-state index in [0.717, 1.165) is 26.6 Å². The van der Waals surface area contributed by atoms with Gasteiger partial charge in [0.15, 0.2) is 0 Å². The van der Waals surface area contributed by atoms with E-state index in [1.807, 2.05) is 38.2 Å². The second kappa shape index (κ2) is 6.61. The molecule has 2 aromatic carbocycles. The van der Waals surface area contributed by atoms with Gasteiger partial charge in [0, 0.05) is 11.1 Å². The average molecular weight is 355 g/mol. The minimum absolute atomic E-state index is 0.304. The lowest BCUT2D eigenvalue weighted by Crippen LogP contribution is -2.12. The highest BCUT2D eigenvalue weighted by Crippen LogP contribution is 2.33. The molecule has 2 nitrogen and oxygen atoms in total. The van der Waals surface area contributed by atoms with Gasteiger partial charge in [0.25, 0.3) is 0 Å². The van der Waals surface area contributed by atoms with E-state index < -0.39 is 0 Å². The zero-order chi connectivity index (χ0) is 14.7. The summed E-state index contributed by atoms with van der Waals surface area (Å²) < 4.78 is 6.82. The van der Waals surface area contributed by atoms with Crippen molar-refractivity contribution < 1.29 is 4.74 Å². The zero-order valence-electron chi connectivity index (χ0n) is 11.7. The number of hydrogen-bond acceptors (Lipinski definition) is 2. The van der Waals surface area contributed by atoms with Crippen LogP contribution in [0.4, 0.5) is 0 Å². The molecule has 1 unspecified atom stereocenters. The van der Waals surface area contributed by atoms with Crippen LogP contribution in [0.2, 0.25) is 5.02 Å². The first-order chi connectivity index (χ1) is 9.51. The largest absolute Gasteiger partial charge is 0.456 e. The first kappa shape index (κ1) is 15.4. The number of ether oxygens (including phenoxy) is 1. The number of rotatable bonds is 4. The predicted molar refractivity (Wildman–Crippen MR) is 87.9 cm³/mol. The predicted octanol–water partition coefficient (Wildman–Crippen LogP) is 5.48. The van der Waals surface area contributed by atoms with Crippen LogP contribution in [0.1, 0.15) is 24.1 Å². The van der Waals surface area contributed by atoms with Crippen LogP contribution in [-0.2, 0) is 0 Å². The molecule has 0 bridgehead atoms. The maximum atomic E-state index is 6.01. The summed E-state index contributed by atoms with van der Waals surface area (Å²) in [4.78, 5) is 0. The Morgan fingerprint density at radius 3 is 2.55 bits per heavy atom. The third-order valence-corrected chi connectivity index (χ3v) is 4.29. The Morgan fingerprint density at radius 2 is 1.95 bits per heavy atom. The Morgan fingerprint density at radius 1 is 1.20 bits per heavy atom. The molecule has 1 atom stereocenters. The van der Waals surface area contributed by atoms with E-state index in [2.05, 4.69) is 40.3 Å². The van der Waals surface area contributed by atoms with Crippen LogP contribution >= 0.6 is 27.5 Å². The first-order valence-corrected chi connectivity index (χ1v) is 7.59. The van der Waals surface area contributed by atoms with Gasteiger partial charge in [-0.3, -0.25) is 0 Å². The highest BCUT2D eigenvalue weighted by atomic mass is 79.9. The summed E-state index contributed by atoms with van der Waals surface area (Å²) in [6.07, 6.45) is 0. The number of nitrogens with one attached hydrogen (secondary N) is 1. The summed E-state index contributed by atoms with van der Waals surface area (Å²) in [6, 6.07) is 12.0. The Kier molecular flexibility index (Phi) is 5.08. The van der Waals surface area contributed by atoms with Crippen molar-refractivity contribution >= 4 is 27.5 Å². The van der Waals surface area contributed by atoms with Crippen molar-refractivity contribution in [2.45, 2.75) is 19.9 Å². The monoisotopic (exact) mass is 353 g/mol. The summed E-state index contributed by atoms with van der Waals surface area (Å²) in [7, 11) is 1.94.